The first-order chi connectivity index (χ1) is 13.0. The summed E-state index contributed by atoms with van der Waals surface area (Å²) in [5.41, 5.74) is 1.26. The molecule has 1 heterocycles. The molecule has 27 heavy (non-hydrogen) atoms. The number of methoxy groups -OCH3 is 1. The lowest BCUT2D eigenvalue weighted by molar-refractivity contribution is -0.132. The third kappa shape index (κ3) is 4.48. The summed E-state index contributed by atoms with van der Waals surface area (Å²) in [6.07, 6.45) is 1.31. The van der Waals surface area contributed by atoms with Gasteiger partial charge < -0.3 is 15.0 Å². The van der Waals surface area contributed by atoms with Crippen molar-refractivity contribution in [3.8, 4) is 5.75 Å². The molecule has 0 saturated carbocycles. The molecule has 2 aromatic carbocycles. The second-order valence-corrected chi connectivity index (χ2v) is 7.25. The average molecular weight is 366 g/mol. The number of ether oxygens (including phenoxy) is 1. The van der Waals surface area contributed by atoms with Crippen molar-refractivity contribution in [1.82, 2.24) is 10.2 Å². The number of carbonyl (C=O) groups is 2. The monoisotopic (exact) mass is 366 g/mol. The van der Waals surface area contributed by atoms with Crippen molar-refractivity contribution in [2.24, 2.45) is 5.41 Å². The Bertz CT molecular complexity index is 796. The molecule has 5 heteroatoms. The Hall–Kier alpha value is -2.82. The van der Waals surface area contributed by atoms with Crippen LogP contribution in [0, 0.1) is 5.41 Å². The number of nitrogens with one attached hydrogen (secondary N) is 1. The van der Waals surface area contributed by atoms with Crippen LogP contribution in [0.1, 0.15) is 35.7 Å². The fourth-order valence-electron chi connectivity index (χ4n) is 3.36. The molecule has 1 N–H and O–H groups in total. The van der Waals surface area contributed by atoms with Crippen LogP contribution in [0.5, 0.6) is 5.75 Å². The lowest BCUT2D eigenvalue weighted by Gasteiger charge is -2.38. The molecule has 2 amide bonds. The molecule has 0 aromatic heterocycles. The average Bonchev–Trinajstić information content (AvgIpc) is 2.72. The molecule has 0 bridgehead atoms. The minimum atomic E-state index is -0.445. The molecule has 3 rings (SSSR count). The number of rotatable bonds is 5. The number of carbonyl (C=O) groups excluding carboxylic acids is 2. The molecule has 1 saturated heterocycles. The quantitative estimate of drug-likeness (QED) is 0.884. The predicted molar refractivity (Wildman–Crippen MR) is 105 cm³/mol. The maximum Gasteiger partial charge on any atom is 0.253 e. The van der Waals surface area contributed by atoms with Gasteiger partial charge in [-0.3, -0.25) is 9.59 Å². The van der Waals surface area contributed by atoms with E-state index in [2.05, 4.69) is 5.32 Å². The van der Waals surface area contributed by atoms with Gasteiger partial charge in [0.15, 0.2) is 0 Å². The molecular formula is C22H26N2O3. The van der Waals surface area contributed by atoms with Gasteiger partial charge in [-0.15, -0.1) is 0 Å². The fraction of sp³-hybridized carbons (Fsp3) is 0.364. The topological polar surface area (TPSA) is 58.6 Å². The van der Waals surface area contributed by atoms with Gasteiger partial charge >= 0.3 is 0 Å². The van der Waals surface area contributed by atoms with E-state index in [0.717, 1.165) is 5.56 Å². The summed E-state index contributed by atoms with van der Waals surface area (Å²) in [5.74, 6) is 0.712. The number of hydrogen-bond donors (Lipinski definition) is 1. The molecule has 2 aromatic rings. The summed E-state index contributed by atoms with van der Waals surface area (Å²) in [6, 6.07) is 17.1. The van der Waals surface area contributed by atoms with Gasteiger partial charge in [-0.05, 0) is 36.6 Å². The standard InChI is InChI=1S/C22H26N2O3/c1-22(21(26)23-16-17-7-4-3-5-8-17)11-13-24(14-12-22)20(25)18-9-6-10-19(15-18)27-2/h3-10,15H,11-14,16H2,1-2H3,(H,23,26). The van der Waals surface area contributed by atoms with E-state index in [4.69, 9.17) is 4.74 Å². The van der Waals surface area contributed by atoms with E-state index in [-0.39, 0.29) is 11.8 Å². The molecule has 0 spiro atoms. The summed E-state index contributed by atoms with van der Waals surface area (Å²) >= 11 is 0. The molecule has 5 nitrogen and oxygen atoms in total. The Morgan fingerprint density at radius 3 is 2.44 bits per heavy atom. The van der Waals surface area contributed by atoms with Crippen LogP contribution in [-0.2, 0) is 11.3 Å². The van der Waals surface area contributed by atoms with Crippen LogP contribution in [0.3, 0.4) is 0 Å². The molecule has 0 atom stereocenters. The highest BCUT2D eigenvalue weighted by molar-refractivity contribution is 5.95. The summed E-state index contributed by atoms with van der Waals surface area (Å²) in [4.78, 5) is 27.2. The maximum atomic E-state index is 12.7. The van der Waals surface area contributed by atoms with Gasteiger partial charge in [-0.25, -0.2) is 0 Å². The van der Waals surface area contributed by atoms with E-state index in [1.54, 1.807) is 19.2 Å². The van der Waals surface area contributed by atoms with Crippen LogP contribution >= 0.6 is 0 Å². The number of piperidine rings is 1. The highest BCUT2D eigenvalue weighted by Gasteiger charge is 2.38. The second kappa shape index (κ2) is 8.25. The van der Waals surface area contributed by atoms with E-state index in [1.807, 2.05) is 54.3 Å². The minimum absolute atomic E-state index is 0.0133. The van der Waals surface area contributed by atoms with Crippen LogP contribution < -0.4 is 10.1 Å². The van der Waals surface area contributed by atoms with Gasteiger partial charge in [0.25, 0.3) is 5.91 Å². The van der Waals surface area contributed by atoms with Crippen LogP contribution in [0.15, 0.2) is 54.6 Å². The minimum Gasteiger partial charge on any atom is -0.497 e. The normalized spacial score (nSPS) is 15.9. The number of benzene rings is 2. The Morgan fingerprint density at radius 1 is 1.07 bits per heavy atom. The smallest absolute Gasteiger partial charge is 0.253 e. The number of amides is 2. The van der Waals surface area contributed by atoms with Crippen molar-refractivity contribution < 1.29 is 14.3 Å². The third-order valence-corrected chi connectivity index (χ3v) is 5.31. The second-order valence-electron chi connectivity index (χ2n) is 7.25. The van der Waals surface area contributed by atoms with Crippen molar-refractivity contribution in [2.45, 2.75) is 26.3 Å². The summed E-state index contributed by atoms with van der Waals surface area (Å²) < 4.78 is 5.20. The number of hydrogen-bond acceptors (Lipinski definition) is 3. The highest BCUT2D eigenvalue weighted by atomic mass is 16.5. The lowest BCUT2D eigenvalue weighted by Crippen LogP contribution is -2.48. The first-order valence-corrected chi connectivity index (χ1v) is 9.27. The van der Waals surface area contributed by atoms with Crippen LogP contribution in [0.25, 0.3) is 0 Å². The molecular weight excluding hydrogens is 340 g/mol. The van der Waals surface area contributed by atoms with Gasteiger partial charge in [0, 0.05) is 30.6 Å². The van der Waals surface area contributed by atoms with Crippen LogP contribution in [0.4, 0.5) is 0 Å². The number of likely N-dealkylation sites (tertiary alicyclic amines) is 1. The third-order valence-electron chi connectivity index (χ3n) is 5.31. The molecule has 0 radical (unpaired) electrons. The van der Waals surface area contributed by atoms with Crippen LogP contribution in [-0.4, -0.2) is 36.9 Å². The van der Waals surface area contributed by atoms with E-state index in [9.17, 15) is 9.59 Å². The zero-order valence-corrected chi connectivity index (χ0v) is 15.9. The van der Waals surface area contributed by atoms with Crippen molar-refractivity contribution in [3.63, 3.8) is 0 Å². The van der Waals surface area contributed by atoms with E-state index in [0.29, 0.717) is 43.8 Å². The molecule has 0 unspecified atom stereocenters. The van der Waals surface area contributed by atoms with Gasteiger partial charge in [0.05, 0.1) is 7.11 Å². The van der Waals surface area contributed by atoms with Crippen molar-refractivity contribution in [1.29, 1.82) is 0 Å². The van der Waals surface area contributed by atoms with E-state index >= 15 is 0 Å². The summed E-state index contributed by atoms with van der Waals surface area (Å²) in [5, 5.41) is 3.04. The summed E-state index contributed by atoms with van der Waals surface area (Å²) in [6.45, 7) is 3.67. The maximum absolute atomic E-state index is 12.7. The first kappa shape index (κ1) is 19.0. The van der Waals surface area contributed by atoms with Crippen molar-refractivity contribution >= 4 is 11.8 Å². The molecule has 0 aliphatic carbocycles. The Morgan fingerprint density at radius 2 is 1.78 bits per heavy atom. The van der Waals surface area contributed by atoms with Gasteiger partial charge in [-0.2, -0.15) is 0 Å². The van der Waals surface area contributed by atoms with Crippen LogP contribution in [0.2, 0.25) is 0 Å². The predicted octanol–water partition coefficient (Wildman–Crippen LogP) is 3.25. The largest absolute Gasteiger partial charge is 0.497 e. The number of nitrogens with zero attached hydrogens (tertiary/aromatic N) is 1. The fourth-order valence-corrected chi connectivity index (χ4v) is 3.36. The van der Waals surface area contributed by atoms with Gasteiger partial charge in [0.1, 0.15) is 5.75 Å². The lowest BCUT2D eigenvalue weighted by atomic mass is 9.79. The van der Waals surface area contributed by atoms with E-state index in [1.165, 1.54) is 0 Å². The van der Waals surface area contributed by atoms with E-state index < -0.39 is 5.41 Å². The zero-order valence-electron chi connectivity index (χ0n) is 15.9. The highest BCUT2D eigenvalue weighted by Crippen LogP contribution is 2.32. The van der Waals surface area contributed by atoms with Gasteiger partial charge in [0.2, 0.25) is 5.91 Å². The SMILES string of the molecule is COc1cccc(C(=O)N2CCC(C)(C(=O)NCc3ccccc3)CC2)c1. The first-order valence-electron chi connectivity index (χ1n) is 9.27. The summed E-state index contributed by atoms with van der Waals surface area (Å²) in [7, 11) is 1.59. The Kier molecular flexibility index (Phi) is 5.79. The Balaban J connectivity index is 1.56. The van der Waals surface area contributed by atoms with Gasteiger partial charge in [-0.1, -0.05) is 43.3 Å². The molecule has 1 fully saturated rings. The molecule has 1 aliphatic rings. The zero-order chi connectivity index (χ0) is 19.3. The van der Waals surface area contributed by atoms with Crippen molar-refractivity contribution in [2.75, 3.05) is 20.2 Å². The molecule has 1 aliphatic heterocycles. The molecule has 142 valence electrons. The van der Waals surface area contributed by atoms with Crippen molar-refractivity contribution in [3.05, 3.63) is 65.7 Å². The Labute approximate surface area is 160 Å².